The standard InChI is InChI=1S/C28H32F2N6O2/c1-18-14-22(16-32-26(18)20-4-7-23(8-5-20)35-10-12-38-13-11-35)34-27(37)24-17-33-36(19(24)2)25-9-6-21(15-31-25)28(3,29)30/h4,6,9,14-17,23H,5,7-8,10-13H2,1-3H3,(H,34,37)/t23-/m1/s1. The fourth-order valence-electron chi connectivity index (χ4n) is 5.12. The highest BCUT2D eigenvalue weighted by molar-refractivity contribution is 6.05. The number of morpholine rings is 1. The molecule has 200 valence electrons. The van der Waals surface area contributed by atoms with Gasteiger partial charge in [0, 0.05) is 37.8 Å². The first-order chi connectivity index (χ1) is 18.2. The Hall–Kier alpha value is -3.50. The van der Waals surface area contributed by atoms with Gasteiger partial charge in [-0.15, -0.1) is 0 Å². The van der Waals surface area contributed by atoms with E-state index < -0.39 is 5.92 Å². The quantitative estimate of drug-likeness (QED) is 0.495. The third-order valence-corrected chi connectivity index (χ3v) is 7.31. The van der Waals surface area contributed by atoms with Crippen LogP contribution in [0.1, 0.15) is 59.1 Å². The normalized spacial score (nSPS) is 18.8. The van der Waals surface area contributed by atoms with E-state index in [1.165, 1.54) is 28.6 Å². The molecule has 4 heterocycles. The summed E-state index contributed by atoms with van der Waals surface area (Å²) in [6, 6.07) is 5.26. The number of aryl methyl sites for hydroxylation is 1. The molecule has 2 aliphatic rings. The van der Waals surface area contributed by atoms with Crippen LogP contribution in [0.15, 0.2) is 42.9 Å². The highest BCUT2D eigenvalue weighted by atomic mass is 19.3. The lowest BCUT2D eigenvalue weighted by Crippen LogP contribution is -2.43. The van der Waals surface area contributed by atoms with Gasteiger partial charge in [-0.2, -0.15) is 5.10 Å². The molecule has 5 rings (SSSR count). The van der Waals surface area contributed by atoms with Crippen molar-refractivity contribution in [2.45, 2.75) is 52.0 Å². The minimum absolute atomic E-state index is 0.184. The van der Waals surface area contributed by atoms with Crippen molar-refractivity contribution in [3.63, 3.8) is 0 Å². The zero-order valence-electron chi connectivity index (χ0n) is 21.9. The van der Waals surface area contributed by atoms with Crippen LogP contribution in [0.2, 0.25) is 0 Å². The smallest absolute Gasteiger partial charge is 0.272 e. The monoisotopic (exact) mass is 522 g/mol. The topological polar surface area (TPSA) is 85.2 Å². The van der Waals surface area contributed by atoms with Crippen LogP contribution in [-0.4, -0.2) is 62.9 Å². The van der Waals surface area contributed by atoms with Crippen LogP contribution < -0.4 is 5.32 Å². The van der Waals surface area contributed by atoms with E-state index in [2.05, 4.69) is 31.4 Å². The van der Waals surface area contributed by atoms with Crippen molar-refractivity contribution in [1.82, 2.24) is 24.6 Å². The molecule has 0 unspecified atom stereocenters. The molecule has 1 aliphatic heterocycles. The Balaban J connectivity index is 1.25. The number of halogens is 2. The zero-order valence-corrected chi connectivity index (χ0v) is 21.9. The number of pyridine rings is 2. The molecule has 1 saturated heterocycles. The van der Waals surface area contributed by atoms with Crippen molar-refractivity contribution >= 4 is 17.2 Å². The number of nitrogens with one attached hydrogen (secondary N) is 1. The number of nitrogens with zero attached hydrogens (tertiary/aromatic N) is 5. The molecule has 10 heteroatoms. The molecule has 1 amide bonds. The number of amides is 1. The van der Waals surface area contributed by atoms with E-state index in [-0.39, 0.29) is 11.5 Å². The molecule has 0 bridgehead atoms. The van der Waals surface area contributed by atoms with E-state index in [1.54, 1.807) is 13.1 Å². The number of anilines is 1. The second-order valence-corrected chi connectivity index (χ2v) is 10.00. The summed E-state index contributed by atoms with van der Waals surface area (Å²) < 4.78 is 33.9. The van der Waals surface area contributed by atoms with E-state index in [4.69, 9.17) is 4.74 Å². The molecule has 0 spiro atoms. The first-order valence-electron chi connectivity index (χ1n) is 12.9. The molecule has 1 atom stereocenters. The zero-order chi connectivity index (χ0) is 26.9. The van der Waals surface area contributed by atoms with E-state index in [9.17, 15) is 13.6 Å². The van der Waals surface area contributed by atoms with Gasteiger partial charge in [0.15, 0.2) is 5.82 Å². The molecular formula is C28H32F2N6O2. The van der Waals surface area contributed by atoms with Crippen molar-refractivity contribution in [3.8, 4) is 5.82 Å². The van der Waals surface area contributed by atoms with E-state index in [0.29, 0.717) is 28.8 Å². The average Bonchev–Trinajstić information content (AvgIpc) is 3.30. The average molecular weight is 523 g/mol. The van der Waals surface area contributed by atoms with Crippen LogP contribution in [0, 0.1) is 13.8 Å². The number of hydrogen-bond acceptors (Lipinski definition) is 6. The Morgan fingerprint density at radius 1 is 1.13 bits per heavy atom. The maximum atomic E-state index is 13.5. The number of allylic oxidation sites excluding steroid dienone is 1. The number of carbonyl (C=O) groups is 1. The van der Waals surface area contributed by atoms with Gasteiger partial charge in [-0.05, 0) is 62.4 Å². The highest BCUT2D eigenvalue weighted by Crippen LogP contribution is 2.31. The molecule has 0 saturated carbocycles. The van der Waals surface area contributed by atoms with Crippen LogP contribution in [0.5, 0.6) is 0 Å². The Morgan fingerprint density at radius 2 is 1.92 bits per heavy atom. The van der Waals surface area contributed by atoms with Gasteiger partial charge in [0.2, 0.25) is 0 Å². The predicted octanol–water partition coefficient (Wildman–Crippen LogP) is 4.91. The van der Waals surface area contributed by atoms with Crippen LogP contribution in [0.3, 0.4) is 0 Å². The summed E-state index contributed by atoms with van der Waals surface area (Å²) in [6.45, 7) is 8.18. The van der Waals surface area contributed by atoms with Crippen molar-refractivity contribution in [3.05, 3.63) is 70.9 Å². The lowest BCUT2D eigenvalue weighted by Gasteiger charge is -2.36. The minimum atomic E-state index is -2.98. The lowest BCUT2D eigenvalue weighted by atomic mass is 9.90. The van der Waals surface area contributed by atoms with E-state index >= 15 is 0 Å². The number of hydrogen-bond donors (Lipinski definition) is 1. The van der Waals surface area contributed by atoms with E-state index in [1.807, 2.05) is 13.0 Å². The van der Waals surface area contributed by atoms with Gasteiger partial charge in [-0.1, -0.05) is 6.08 Å². The number of rotatable bonds is 6. The van der Waals surface area contributed by atoms with Crippen molar-refractivity contribution in [2.75, 3.05) is 31.6 Å². The van der Waals surface area contributed by atoms with Gasteiger partial charge < -0.3 is 10.1 Å². The SMILES string of the molecule is Cc1cc(NC(=O)c2cnn(-c3ccc(C(C)(F)F)cn3)c2C)cnc1C1=CC[C@@H](N2CCOCC2)CC1. The summed E-state index contributed by atoms with van der Waals surface area (Å²) >= 11 is 0. The summed E-state index contributed by atoms with van der Waals surface area (Å²) in [7, 11) is 0. The Bertz CT molecular complexity index is 1340. The maximum Gasteiger partial charge on any atom is 0.272 e. The second kappa shape index (κ2) is 10.7. The van der Waals surface area contributed by atoms with Gasteiger partial charge in [-0.3, -0.25) is 14.7 Å². The molecule has 38 heavy (non-hydrogen) atoms. The molecular weight excluding hydrogens is 490 g/mol. The van der Waals surface area contributed by atoms with Crippen LogP contribution in [0.4, 0.5) is 14.5 Å². The molecule has 0 aromatic carbocycles. The summed E-state index contributed by atoms with van der Waals surface area (Å²) in [5, 5.41) is 7.15. The number of ether oxygens (including phenoxy) is 1. The first kappa shape index (κ1) is 26.1. The van der Waals surface area contributed by atoms with Crippen LogP contribution in [0.25, 0.3) is 11.4 Å². The lowest BCUT2D eigenvalue weighted by molar-refractivity contribution is 0.0150. The fraction of sp³-hybridized carbons (Fsp3) is 0.429. The maximum absolute atomic E-state index is 13.5. The molecule has 1 N–H and O–H groups in total. The molecule has 1 aliphatic carbocycles. The van der Waals surface area contributed by atoms with Crippen molar-refractivity contribution in [2.24, 2.45) is 0 Å². The Kier molecular flexibility index (Phi) is 7.36. The summed E-state index contributed by atoms with van der Waals surface area (Å²) in [5.41, 5.74) is 4.55. The summed E-state index contributed by atoms with van der Waals surface area (Å²) in [4.78, 5) is 24.3. The Labute approximate surface area is 220 Å². The first-order valence-corrected chi connectivity index (χ1v) is 12.9. The van der Waals surface area contributed by atoms with Crippen molar-refractivity contribution < 1.29 is 18.3 Å². The number of aromatic nitrogens is 4. The largest absolute Gasteiger partial charge is 0.379 e. The highest BCUT2D eigenvalue weighted by Gasteiger charge is 2.26. The van der Waals surface area contributed by atoms with E-state index in [0.717, 1.165) is 69.9 Å². The number of carbonyl (C=O) groups excluding carboxylic acids is 1. The Morgan fingerprint density at radius 3 is 2.55 bits per heavy atom. The molecule has 3 aromatic heterocycles. The molecule has 8 nitrogen and oxygen atoms in total. The molecule has 1 fully saturated rings. The third-order valence-electron chi connectivity index (χ3n) is 7.31. The predicted molar refractivity (Wildman–Crippen MR) is 141 cm³/mol. The van der Waals surface area contributed by atoms with Crippen molar-refractivity contribution in [1.29, 1.82) is 0 Å². The number of alkyl halides is 2. The summed E-state index contributed by atoms with van der Waals surface area (Å²) in [6.07, 6.45) is 9.64. The third kappa shape index (κ3) is 5.51. The van der Waals surface area contributed by atoms with Gasteiger partial charge in [-0.25, -0.2) is 18.4 Å². The van der Waals surface area contributed by atoms with Gasteiger partial charge >= 0.3 is 0 Å². The fourth-order valence-corrected chi connectivity index (χ4v) is 5.12. The molecule has 3 aromatic rings. The summed E-state index contributed by atoms with van der Waals surface area (Å²) in [5.74, 6) is -2.95. The van der Waals surface area contributed by atoms with Gasteiger partial charge in [0.1, 0.15) is 0 Å². The second-order valence-electron chi connectivity index (χ2n) is 10.00. The van der Waals surface area contributed by atoms with Gasteiger partial charge in [0.05, 0.1) is 48.2 Å². The minimum Gasteiger partial charge on any atom is -0.379 e. The molecule has 0 radical (unpaired) electrons. The van der Waals surface area contributed by atoms with Crippen LogP contribution >= 0.6 is 0 Å². The van der Waals surface area contributed by atoms with Crippen LogP contribution in [-0.2, 0) is 10.7 Å². The van der Waals surface area contributed by atoms with Gasteiger partial charge in [0.25, 0.3) is 11.8 Å².